The molecule has 2 aromatic carbocycles. The molecule has 1 amide bonds. The second-order valence-electron chi connectivity index (χ2n) is 6.20. The largest absolute Gasteiger partial charge is 0.489 e. The Morgan fingerprint density at radius 1 is 1.04 bits per heavy atom. The fraction of sp³-hybridized carbons (Fsp3) is 0.143. The SMILES string of the molecule is O=C(Nc1cc(Br)c2c(c1)OCCCO2)c1cnccc1Nc1ccccc1. The molecule has 0 fully saturated rings. The molecule has 1 aliphatic heterocycles. The molecule has 1 aliphatic rings. The van der Waals surface area contributed by atoms with Crippen molar-refractivity contribution in [3.8, 4) is 11.5 Å². The molecule has 28 heavy (non-hydrogen) atoms. The Hall–Kier alpha value is -3.06. The van der Waals surface area contributed by atoms with Crippen molar-refractivity contribution in [1.82, 2.24) is 4.98 Å². The Morgan fingerprint density at radius 2 is 1.86 bits per heavy atom. The zero-order chi connectivity index (χ0) is 19.3. The van der Waals surface area contributed by atoms with Crippen LogP contribution in [0.2, 0.25) is 0 Å². The van der Waals surface area contributed by atoms with Gasteiger partial charge in [-0.2, -0.15) is 0 Å². The van der Waals surface area contributed by atoms with Gasteiger partial charge in [0, 0.05) is 36.3 Å². The minimum Gasteiger partial charge on any atom is -0.489 e. The van der Waals surface area contributed by atoms with Gasteiger partial charge in [-0.15, -0.1) is 0 Å². The normalized spacial score (nSPS) is 12.8. The molecule has 4 rings (SSSR count). The first-order valence-corrected chi connectivity index (χ1v) is 9.66. The van der Waals surface area contributed by atoms with Gasteiger partial charge in [-0.25, -0.2) is 0 Å². The molecule has 2 heterocycles. The number of fused-ring (bicyclic) bond motifs is 1. The number of anilines is 3. The van der Waals surface area contributed by atoms with Crippen LogP contribution in [0, 0.1) is 0 Å². The summed E-state index contributed by atoms with van der Waals surface area (Å²) in [7, 11) is 0. The van der Waals surface area contributed by atoms with Gasteiger partial charge in [0.15, 0.2) is 11.5 Å². The number of hydrogen-bond acceptors (Lipinski definition) is 5. The number of aromatic nitrogens is 1. The average Bonchev–Trinajstić information content (AvgIpc) is 2.95. The molecule has 0 spiro atoms. The summed E-state index contributed by atoms with van der Waals surface area (Å²) in [5, 5.41) is 6.17. The zero-order valence-corrected chi connectivity index (χ0v) is 16.5. The second-order valence-corrected chi connectivity index (χ2v) is 7.06. The van der Waals surface area contributed by atoms with Crippen LogP contribution in [0.5, 0.6) is 11.5 Å². The Kier molecular flexibility index (Phi) is 5.43. The number of pyridine rings is 1. The summed E-state index contributed by atoms with van der Waals surface area (Å²) < 4.78 is 12.2. The summed E-state index contributed by atoms with van der Waals surface area (Å²) in [5.41, 5.74) is 2.61. The number of nitrogens with one attached hydrogen (secondary N) is 2. The maximum atomic E-state index is 12.9. The Balaban J connectivity index is 1.58. The number of para-hydroxylation sites is 1. The lowest BCUT2D eigenvalue weighted by Gasteiger charge is -2.14. The maximum absolute atomic E-state index is 12.9. The average molecular weight is 440 g/mol. The molecule has 7 heteroatoms. The number of carbonyl (C=O) groups excluding carboxylic acids is 1. The minimum atomic E-state index is -0.270. The van der Waals surface area contributed by atoms with Crippen LogP contribution in [0.4, 0.5) is 17.1 Å². The van der Waals surface area contributed by atoms with Gasteiger partial charge in [0.05, 0.1) is 28.9 Å². The van der Waals surface area contributed by atoms with E-state index in [1.54, 1.807) is 30.6 Å². The molecule has 3 aromatic rings. The maximum Gasteiger partial charge on any atom is 0.259 e. The molecule has 2 N–H and O–H groups in total. The van der Waals surface area contributed by atoms with E-state index in [0.717, 1.165) is 16.6 Å². The summed E-state index contributed by atoms with van der Waals surface area (Å²) in [4.78, 5) is 17.0. The number of ether oxygens (including phenoxy) is 2. The fourth-order valence-electron chi connectivity index (χ4n) is 2.86. The van der Waals surface area contributed by atoms with Crippen molar-refractivity contribution in [2.45, 2.75) is 6.42 Å². The number of benzene rings is 2. The third-order valence-corrected chi connectivity index (χ3v) is 4.77. The van der Waals surface area contributed by atoms with Crippen molar-refractivity contribution in [2.24, 2.45) is 0 Å². The van der Waals surface area contributed by atoms with E-state index in [-0.39, 0.29) is 5.91 Å². The summed E-state index contributed by atoms with van der Waals surface area (Å²) in [6.07, 6.45) is 4.00. The first-order chi connectivity index (χ1) is 13.7. The van der Waals surface area contributed by atoms with Crippen molar-refractivity contribution >= 4 is 38.9 Å². The molecule has 0 aliphatic carbocycles. The van der Waals surface area contributed by atoms with Gasteiger partial charge >= 0.3 is 0 Å². The van der Waals surface area contributed by atoms with E-state index in [1.807, 2.05) is 30.3 Å². The van der Waals surface area contributed by atoms with Crippen LogP contribution >= 0.6 is 15.9 Å². The lowest BCUT2D eigenvalue weighted by molar-refractivity contribution is 0.102. The Morgan fingerprint density at radius 3 is 2.71 bits per heavy atom. The zero-order valence-electron chi connectivity index (χ0n) is 14.9. The van der Waals surface area contributed by atoms with Crippen LogP contribution < -0.4 is 20.1 Å². The molecular formula is C21H18BrN3O3. The summed E-state index contributed by atoms with van der Waals surface area (Å²) in [6, 6.07) is 15.0. The fourth-order valence-corrected chi connectivity index (χ4v) is 3.42. The van der Waals surface area contributed by atoms with Gasteiger partial charge in [0.25, 0.3) is 5.91 Å². The second kappa shape index (κ2) is 8.31. The van der Waals surface area contributed by atoms with Crippen LogP contribution in [0.3, 0.4) is 0 Å². The predicted octanol–water partition coefficient (Wildman–Crippen LogP) is 5.00. The third-order valence-electron chi connectivity index (χ3n) is 4.18. The van der Waals surface area contributed by atoms with Gasteiger partial charge in [0.2, 0.25) is 0 Å². The molecule has 0 bridgehead atoms. The van der Waals surface area contributed by atoms with Gasteiger partial charge in [-0.3, -0.25) is 9.78 Å². The molecule has 0 unspecified atom stereocenters. The highest BCUT2D eigenvalue weighted by Gasteiger charge is 2.18. The van der Waals surface area contributed by atoms with Gasteiger partial charge in [0.1, 0.15) is 0 Å². The van der Waals surface area contributed by atoms with Gasteiger partial charge < -0.3 is 20.1 Å². The number of carbonyl (C=O) groups is 1. The van der Waals surface area contributed by atoms with Gasteiger partial charge in [-0.05, 0) is 40.2 Å². The molecule has 142 valence electrons. The molecule has 1 aromatic heterocycles. The van der Waals surface area contributed by atoms with Crippen molar-refractivity contribution in [3.63, 3.8) is 0 Å². The quantitative estimate of drug-likeness (QED) is 0.598. The van der Waals surface area contributed by atoms with E-state index < -0.39 is 0 Å². The molecule has 0 radical (unpaired) electrons. The molecule has 0 atom stereocenters. The van der Waals surface area contributed by atoms with Crippen molar-refractivity contribution < 1.29 is 14.3 Å². The number of rotatable bonds is 4. The van der Waals surface area contributed by atoms with E-state index in [2.05, 4.69) is 31.5 Å². The Bertz CT molecular complexity index is 995. The number of nitrogens with zero attached hydrogens (tertiary/aromatic N) is 1. The van der Waals surface area contributed by atoms with E-state index in [4.69, 9.17) is 9.47 Å². The molecule has 6 nitrogen and oxygen atoms in total. The lowest BCUT2D eigenvalue weighted by atomic mass is 10.2. The standard InChI is InChI=1S/C21H18BrN3O3/c22-17-11-15(12-19-20(17)28-10-4-9-27-19)25-21(26)16-13-23-8-7-18(16)24-14-5-2-1-3-6-14/h1-3,5-8,11-13H,4,9-10H2,(H,23,24)(H,25,26). The number of hydrogen-bond donors (Lipinski definition) is 2. The van der Waals surface area contributed by atoms with E-state index >= 15 is 0 Å². The monoisotopic (exact) mass is 439 g/mol. The summed E-state index contributed by atoms with van der Waals surface area (Å²) >= 11 is 3.49. The number of amides is 1. The highest BCUT2D eigenvalue weighted by Crippen LogP contribution is 2.40. The first kappa shape index (κ1) is 18.3. The predicted molar refractivity (Wildman–Crippen MR) is 112 cm³/mol. The van der Waals surface area contributed by atoms with E-state index in [9.17, 15) is 4.79 Å². The molecule has 0 saturated heterocycles. The topological polar surface area (TPSA) is 72.5 Å². The van der Waals surface area contributed by atoms with E-state index in [1.165, 1.54) is 0 Å². The highest BCUT2D eigenvalue weighted by molar-refractivity contribution is 9.10. The van der Waals surface area contributed by atoms with Crippen molar-refractivity contribution in [1.29, 1.82) is 0 Å². The highest BCUT2D eigenvalue weighted by atomic mass is 79.9. The van der Waals surface area contributed by atoms with Crippen molar-refractivity contribution in [3.05, 3.63) is 71.0 Å². The van der Waals surface area contributed by atoms with Crippen LogP contribution in [0.15, 0.2) is 65.4 Å². The third kappa shape index (κ3) is 4.09. The van der Waals surface area contributed by atoms with Crippen LogP contribution in [0.25, 0.3) is 0 Å². The van der Waals surface area contributed by atoms with Gasteiger partial charge in [-0.1, -0.05) is 18.2 Å². The van der Waals surface area contributed by atoms with Crippen molar-refractivity contribution in [2.75, 3.05) is 23.8 Å². The Labute approximate surface area is 171 Å². The summed E-state index contributed by atoms with van der Waals surface area (Å²) in [5.74, 6) is 0.993. The lowest BCUT2D eigenvalue weighted by Crippen LogP contribution is -2.14. The number of halogens is 1. The molecule has 0 saturated carbocycles. The molecular weight excluding hydrogens is 422 g/mol. The van der Waals surface area contributed by atoms with E-state index in [0.29, 0.717) is 41.7 Å². The first-order valence-electron chi connectivity index (χ1n) is 8.87. The smallest absolute Gasteiger partial charge is 0.259 e. The van der Waals surface area contributed by atoms with Crippen LogP contribution in [-0.4, -0.2) is 24.1 Å². The minimum absolute atomic E-state index is 0.270. The summed E-state index contributed by atoms with van der Waals surface area (Å²) in [6.45, 7) is 1.17. The van der Waals surface area contributed by atoms with Crippen LogP contribution in [-0.2, 0) is 0 Å². The van der Waals surface area contributed by atoms with Crippen LogP contribution in [0.1, 0.15) is 16.8 Å².